The van der Waals surface area contributed by atoms with Crippen LogP contribution in [0.25, 0.3) is 21.8 Å². The fraction of sp³-hybridized carbons (Fsp3) is 0.478. The van der Waals surface area contributed by atoms with Crippen LogP contribution < -0.4 is 4.74 Å². The minimum Gasteiger partial charge on any atom is -0.428 e. The number of H-pyrrole nitrogens is 1. The molecule has 3 heterocycles. The molecule has 0 bridgehead atoms. The Kier molecular flexibility index (Phi) is 6.13. The Morgan fingerprint density at radius 1 is 1.19 bits per heavy atom. The maximum absolute atomic E-state index is 12.3. The van der Waals surface area contributed by atoms with Gasteiger partial charge in [0, 0.05) is 43.0 Å². The van der Waals surface area contributed by atoms with Crippen molar-refractivity contribution >= 4 is 28.0 Å². The number of carbonyl (C=O) groups excluding carboxylic acids is 1. The lowest BCUT2D eigenvalue weighted by molar-refractivity contribution is 0.0192. The SMILES string of the molecule is COCc1c(OC(=O)OC(C)(C)C)ncc2[nH]c3cccc(CN4CCOCC4)c3c12. The van der Waals surface area contributed by atoms with Gasteiger partial charge in [-0.15, -0.1) is 0 Å². The molecule has 0 aliphatic carbocycles. The van der Waals surface area contributed by atoms with E-state index in [0.717, 1.165) is 54.7 Å². The van der Waals surface area contributed by atoms with Gasteiger partial charge in [-0.1, -0.05) is 12.1 Å². The van der Waals surface area contributed by atoms with E-state index in [2.05, 4.69) is 27.0 Å². The van der Waals surface area contributed by atoms with E-state index in [-0.39, 0.29) is 12.5 Å². The fourth-order valence-electron chi connectivity index (χ4n) is 3.91. The number of nitrogens with zero attached hydrogens (tertiary/aromatic N) is 2. The molecule has 0 saturated carbocycles. The van der Waals surface area contributed by atoms with E-state index in [1.165, 1.54) is 5.56 Å². The molecule has 8 nitrogen and oxygen atoms in total. The summed E-state index contributed by atoms with van der Waals surface area (Å²) in [5.41, 5.74) is 3.13. The van der Waals surface area contributed by atoms with Crippen LogP contribution in [0.2, 0.25) is 0 Å². The summed E-state index contributed by atoms with van der Waals surface area (Å²) in [6, 6.07) is 6.23. The average molecular weight is 428 g/mol. The number of hydrogen-bond acceptors (Lipinski definition) is 7. The lowest BCUT2D eigenvalue weighted by Gasteiger charge is -2.27. The molecule has 8 heteroatoms. The molecular weight excluding hydrogens is 398 g/mol. The summed E-state index contributed by atoms with van der Waals surface area (Å²) in [4.78, 5) is 22.5. The first kappa shape index (κ1) is 21.5. The number of nitrogens with one attached hydrogen (secondary N) is 1. The highest BCUT2D eigenvalue weighted by Gasteiger charge is 2.23. The quantitative estimate of drug-likeness (QED) is 0.616. The van der Waals surface area contributed by atoms with Gasteiger partial charge in [0.1, 0.15) is 5.60 Å². The van der Waals surface area contributed by atoms with Gasteiger partial charge >= 0.3 is 6.16 Å². The maximum Gasteiger partial charge on any atom is 0.515 e. The van der Waals surface area contributed by atoms with E-state index in [4.69, 9.17) is 18.9 Å². The molecule has 1 aromatic carbocycles. The molecule has 4 rings (SSSR count). The number of morpholine rings is 1. The molecule has 2 aromatic heterocycles. The molecule has 0 unspecified atom stereocenters. The Labute approximate surface area is 181 Å². The van der Waals surface area contributed by atoms with Crippen LogP contribution in [0.3, 0.4) is 0 Å². The smallest absolute Gasteiger partial charge is 0.428 e. The summed E-state index contributed by atoms with van der Waals surface area (Å²) in [7, 11) is 1.61. The Bertz CT molecular complexity index is 1080. The second-order valence-corrected chi connectivity index (χ2v) is 8.68. The third-order valence-corrected chi connectivity index (χ3v) is 5.17. The standard InChI is InChI=1S/C23H29N3O5/c1-23(2,3)31-22(27)30-21-16(14-28-4)20-18(12-24-21)25-17-7-5-6-15(19(17)20)13-26-8-10-29-11-9-26/h5-7,12,25H,8-11,13-14H2,1-4H3. The number of aromatic amines is 1. The van der Waals surface area contributed by atoms with Crippen LogP contribution in [0.1, 0.15) is 31.9 Å². The maximum atomic E-state index is 12.3. The summed E-state index contributed by atoms with van der Waals surface area (Å²) in [5, 5.41) is 2.04. The number of pyridine rings is 1. The van der Waals surface area contributed by atoms with Crippen molar-refractivity contribution in [2.45, 2.75) is 39.5 Å². The van der Waals surface area contributed by atoms with E-state index >= 15 is 0 Å². The zero-order valence-corrected chi connectivity index (χ0v) is 18.5. The molecule has 1 fully saturated rings. The van der Waals surface area contributed by atoms with Crippen LogP contribution in [0.15, 0.2) is 24.4 Å². The fourth-order valence-corrected chi connectivity index (χ4v) is 3.91. The molecule has 1 aliphatic rings. The van der Waals surface area contributed by atoms with Crippen LogP contribution >= 0.6 is 0 Å². The summed E-state index contributed by atoms with van der Waals surface area (Å²) in [6.07, 6.45) is 0.900. The van der Waals surface area contributed by atoms with E-state index in [0.29, 0.717) is 5.56 Å². The van der Waals surface area contributed by atoms with Gasteiger partial charge < -0.3 is 23.9 Å². The highest BCUT2D eigenvalue weighted by Crippen LogP contribution is 2.35. The first-order chi connectivity index (χ1) is 14.9. The Morgan fingerprint density at radius 2 is 1.97 bits per heavy atom. The predicted octanol–water partition coefficient (Wildman–Crippen LogP) is 4.01. The van der Waals surface area contributed by atoms with Crippen LogP contribution in [0, 0.1) is 0 Å². The number of ether oxygens (including phenoxy) is 4. The number of aromatic nitrogens is 2. The monoisotopic (exact) mass is 427 g/mol. The largest absolute Gasteiger partial charge is 0.515 e. The van der Waals surface area contributed by atoms with Crippen molar-refractivity contribution in [1.82, 2.24) is 14.9 Å². The zero-order chi connectivity index (χ0) is 22.0. The average Bonchev–Trinajstić information content (AvgIpc) is 3.09. The molecule has 3 aromatic rings. The number of fused-ring (bicyclic) bond motifs is 3. The molecule has 0 spiro atoms. The molecule has 1 aliphatic heterocycles. The number of carbonyl (C=O) groups is 1. The summed E-state index contributed by atoms with van der Waals surface area (Å²) in [5.74, 6) is 0.200. The van der Waals surface area contributed by atoms with E-state index in [9.17, 15) is 4.79 Å². The summed E-state index contributed by atoms with van der Waals surface area (Å²) in [6.45, 7) is 9.73. The van der Waals surface area contributed by atoms with Crippen molar-refractivity contribution in [2.24, 2.45) is 0 Å². The van der Waals surface area contributed by atoms with Gasteiger partial charge in [0.05, 0.1) is 37.1 Å². The van der Waals surface area contributed by atoms with Crippen LogP contribution in [0.4, 0.5) is 4.79 Å². The van der Waals surface area contributed by atoms with Crippen molar-refractivity contribution in [3.8, 4) is 5.88 Å². The molecule has 0 amide bonds. The van der Waals surface area contributed by atoms with Crippen LogP contribution in [0.5, 0.6) is 5.88 Å². The second kappa shape index (κ2) is 8.82. The predicted molar refractivity (Wildman–Crippen MR) is 117 cm³/mol. The topological polar surface area (TPSA) is 85.9 Å². The summed E-state index contributed by atoms with van der Waals surface area (Å²) < 4.78 is 21.7. The number of methoxy groups -OCH3 is 1. The minimum atomic E-state index is -0.787. The number of benzene rings is 1. The zero-order valence-electron chi connectivity index (χ0n) is 18.5. The first-order valence-corrected chi connectivity index (χ1v) is 10.5. The van der Waals surface area contributed by atoms with Gasteiger partial charge in [0.2, 0.25) is 5.88 Å². The van der Waals surface area contributed by atoms with Gasteiger partial charge in [-0.05, 0) is 32.4 Å². The van der Waals surface area contributed by atoms with Crippen molar-refractivity contribution in [3.63, 3.8) is 0 Å². The second-order valence-electron chi connectivity index (χ2n) is 8.68. The molecule has 0 radical (unpaired) electrons. The highest BCUT2D eigenvalue weighted by atomic mass is 16.7. The van der Waals surface area contributed by atoms with Crippen molar-refractivity contribution in [1.29, 1.82) is 0 Å². The lowest BCUT2D eigenvalue weighted by Crippen LogP contribution is -2.35. The van der Waals surface area contributed by atoms with Crippen molar-refractivity contribution in [3.05, 3.63) is 35.5 Å². The Balaban J connectivity index is 1.79. The van der Waals surface area contributed by atoms with Gasteiger partial charge in [-0.25, -0.2) is 9.78 Å². The van der Waals surface area contributed by atoms with Gasteiger partial charge in [-0.3, -0.25) is 4.90 Å². The first-order valence-electron chi connectivity index (χ1n) is 10.5. The molecule has 31 heavy (non-hydrogen) atoms. The Hall–Kier alpha value is -2.68. The molecule has 1 saturated heterocycles. The van der Waals surface area contributed by atoms with Gasteiger partial charge in [0.15, 0.2) is 0 Å². The van der Waals surface area contributed by atoms with E-state index < -0.39 is 11.8 Å². The molecule has 166 valence electrons. The van der Waals surface area contributed by atoms with Gasteiger partial charge in [-0.2, -0.15) is 0 Å². The normalized spacial score (nSPS) is 15.5. The lowest BCUT2D eigenvalue weighted by atomic mass is 10.0. The molecule has 1 N–H and O–H groups in total. The highest BCUT2D eigenvalue weighted by molar-refractivity contribution is 6.11. The van der Waals surface area contributed by atoms with Crippen molar-refractivity contribution < 1.29 is 23.7 Å². The number of hydrogen-bond donors (Lipinski definition) is 1. The Morgan fingerprint density at radius 3 is 2.68 bits per heavy atom. The van der Waals surface area contributed by atoms with Crippen molar-refractivity contribution in [2.75, 3.05) is 33.4 Å². The minimum absolute atomic E-state index is 0.200. The summed E-state index contributed by atoms with van der Waals surface area (Å²) >= 11 is 0. The van der Waals surface area contributed by atoms with Crippen LogP contribution in [-0.2, 0) is 27.4 Å². The van der Waals surface area contributed by atoms with Gasteiger partial charge in [0.25, 0.3) is 0 Å². The van der Waals surface area contributed by atoms with E-state index in [1.807, 2.05) is 6.07 Å². The third kappa shape index (κ3) is 4.81. The molecule has 0 atom stereocenters. The number of rotatable bonds is 5. The van der Waals surface area contributed by atoms with E-state index in [1.54, 1.807) is 34.1 Å². The third-order valence-electron chi connectivity index (χ3n) is 5.17. The molecular formula is C23H29N3O5. The van der Waals surface area contributed by atoms with Crippen LogP contribution in [-0.4, -0.2) is 60.0 Å².